The summed E-state index contributed by atoms with van der Waals surface area (Å²) in [5.74, 6) is 0.947. The van der Waals surface area contributed by atoms with Gasteiger partial charge in [-0.25, -0.2) is 19.4 Å². The van der Waals surface area contributed by atoms with Crippen molar-refractivity contribution in [1.82, 2.24) is 30.0 Å². The van der Waals surface area contributed by atoms with Crippen molar-refractivity contribution in [3.63, 3.8) is 0 Å². The zero-order valence-corrected chi connectivity index (χ0v) is 18.4. The maximum absolute atomic E-state index is 11.9. The third kappa shape index (κ3) is 3.85. The molecule has 1 N–H and O–H groups in total. The molecule has 0 spiro atoms. The summed E-state index contributed by atoms with van der Waals surface area (Å²) in [5, 5.41) is 8.18. The molecular formula is C23H26N6O3. The van der Waals surface area contributed by atoms with Crippen molar-refractivity contribution in [2.45, 2.75) is 39.1 Å². The molecule has 1 fully saturated rings. The number of rotatable bonds is 5. The minimum absolute atomic E-state index is 0.181. The molecule has 9 heteroatoms. The quantitative estimate of drug-likeness (QED) is 0.611. The predicted octanol–water partition coefficient (Wildman–Crippen LogP) is 2.18. The molecular weight excluding hydrogens is 408 g/mol. The van der Waals surface area contributed by atoms with Crippen LogP contribution >= 0.6 is 0 Å². The van der Waals surface area contributed by atoms with Gasteiger partial charge in [0.15, 0.2) is 5.82 Å². The van der Waals surface area contributed by atoms with Gasteiger partial charge in [-0.1, -0.05) is 6.07 Å². The van der Waals surface area contributed by atoms with E-state index < -0.39 is 0 Å². The van der Waals surface area contributed by atoms with Crippen LogP contribution in [-0.4, -0.2) is 56.9 Å². The smallest absolute Gasteiger partial charge is 0.338 e. The van der Waals surface area contributed by atoms with Gasteiger partial charge >= 0.3 is 5.97 Å². The highest BCUT2D eigenvalue weighted by atomic mass is 16.5. The van der Waals surface area contributed by atoms with Crippen LogP contribution in [0.15, 0.2) is 36.9 Å². The molecule has 3 aromatic rings. The van der Waals surface area contributed by atoms with Gasteiger partial charge in [-0.15, -0.1) is 0 Å². The van der Waals surface area contributed by atoms with Crippen LogP contribution in [0, 0.1) is 6.92 Å². The van der Waals surface area contributed by atoms with Crippen molar-refractivity contribution in [2.24, 2.45) is 0 Å². The summed E-state index contributed by atoms with van der Waals surface area (Å²) >= 11 is 0. The molecule has 0 saturated carbocycles. The van der Waals surface area contributed by atoms with Crippen LogP contribution < -0.4 is 10.1 Å². The third-order valence-corrected chi connectivity index (χ3v) is 6.16. The van der Waals surface area contributed by atoms with E-state index >= 15 is 0 Å². The highest BCUT2D eigenvalue weighted by molar-refractivity contribution is 5.94. The topological polar surface area (TPSA) is 94.4 Å². The van der Waals surface area contributed by atoms with Crippen molar-refractivity contribution >= 4 is 5.97 Å². The van der Waals surface area contributed by atoms with E-state index in [1.165, 1.54) is 11.9 Å². The molecule has 4 heterocycles. The molecule has 32 heavy (non-hydrogen) atoms. The van der Waals surface area contributed by atoms with Gasteiger partial charge in [-0.2, -0.15) is 5.10 Å². The van der Waals surface area contributed by atoms with Gasteiger partial charge in [0.25, 0.3) is 0 Å². The van der Waals surface area contributed by atoms with Crippen molar-refractivity contribution in [2.75, 3.05) is 20.2 Å². The van der Waals surface area contributed by atoms with E-state index in [1.807, 2.05) is 18.5 Å². The van der Waals surface area contributed by atoms with Gasteiger partial charge in [-0.05, 0) is 31.0 Å². The Morgan fingerprint density at radius 1 is 1.28 bits per heavy atom. The maximum Gasteiger partial charge on any atom is 0.338 e. The van der Waals surface area contributed by atoms with Crippen LogP contribution in [0.25, 0.3) is 5.82 Å². The highest BCUT2D eigenvalue weighted by Gasteiger charge is 2.30. The van der Waals surface area contributed by atoms with Crippen LogP contribution in [0.1, 0.15) is 45.6 Å². The second kappa shape index (κ2) is 8.33. The molecule has 0 unspecified atom stereocenters. The fraction of sp³-hybridized carbons (Fsp3) is 0.391. The molecule has 2 aromatic heterocycles. The molecule has 5 rings (SSSR count). The largest absolute Gasteiger partial charge is 0.481 e. The molecule has 0 amide bonds. The Hall–Kier alpha value is -3.30. The van der Waals surface area contributed by atoms with Gasteiger partial charge in [-0.3, -0.25) is 4.90 Å². The number of benzene rings is 1. The first-order valence-electron chi connectivity index (χ1n) is 10.7. The van der Waals surface area contributed by atoms with Crippen LogP contribution in [0.2, 0.25) is 0 Å². The summed E-state index contributed by atoms with van der Waals surface area (Å²) in [5.41, 5.74) is 5.19. The summed E-state index contributed by atoms with van der Waals surface area (Å²) in [6.45, 7) is 7.25. The van der Waals surface area contributed by atoms with E-state index in [9.17, 15) is 4.79 Å². The Morgan fingerprint density at radius 3 is 3.00 bits per heavy atom. The molecule has 2 aliphatic rings. The van der Waals surface area contributed by atoms with Crippen LogP contribution in [0.4, 0.5) is 0 Å². The number of nitrogens with zero attached hydrogens (tertiary/aromatic N) is 5. The first-order valence-corrected chi connectivity index (χ1v) is 10.7. The number of piperazine rings is 1. The SMILES string of the molecule is COc1cc(-n2cc(CN3C[C@@H](c4ccc5c(c4C)COC5=O)N[C@@H](C)C3)cn2)ncn1. The lowest BCUT2D eigenvalue weighted by molar-refractivity contribution is 0.0535. The summed E-state index contributed by atoms with van der Waals surface area (Å²) in [6, 6.07) is 6.24. The van der Waals surface area contributed by atoms with Crippen LogP contribution in [0.3, 0.4) is 0 Å². The van der Waals surface area contributed by atoms with Gasteiger partial charge < -0.3 is 14.8 Å². The van der Waals surface area contributed by atoms with Gasteiger partial charge in [0, 0.05) is 55.1 Å². The van der Waals surface area contributed by atoms with Gasteiger partial charge in [0.1, 0.15) is 12.9 Å². The number of nitrogens with one attached hydrogen (secondary N) is 1. The van der Waals surface area contributed by atoms with Gasteiger partial charge in [0.05, 0.1) is 18.9 Å². The standard InChI is InChI=1S/C23H26N6O3/c1-14-8-28(9-16-7-26-29(10-16)21-6-22(31-3)25-13-24-21)11-20(27-14)17-4-5-18-19(15(17)2)12-32-23(18)30/h4-7,10,13-14,20,27H,8-9,11-12H2,1-3H3/t14-,20-/m0/s1. The summed E-state index contributed by atoms with van der Waals surface area (Å²) in [4.78, 5) is 22.6. The van der Waals surface area contributed by atoms with E-state index in [0.717, 1.165) is 36.3 Å². The van der Waals surface area contributed by atoms with Crippen LogP contribution in [-0.2, 0) is 17.9 Å². The number of methoxy groups -OCH3 is 1. The van der Waals surface area contributed by atoms with Crippen molar-refractivity contribution in [1.29, 1.82) is 0 Å². The monoisotopic (exact) mass is 434 g/mol. The summed E-state index contributed by atoms with van der Waals surface area (Å²) in [6.07, 6.45) is 5.34. The summed E-state index contributed by atoms with van der Waals surface area (Å²) in [7, 11) is 1.58. The molecule has 1 saturated heterocycles. The second-order valence-corrected chi connectivity index (χ2v) is 8.41. The molecule has 2 aliphatic heterocycles. The number of hydrogen-bond acceptors (Lipinski definition) is 8. The first-order chi connectivity index (χ1) is 15.5. The number of carbonyl (C=O) groups is 1. The van der Waals surface area contributed by atoms with Crippen molar-refractivity contribution in [3.8, 4) is 11.7 Å². The van der Waals surface area contributed by atoms with Gasteiger partial charge in [0.2, 0.25) is 5.88 Å². The Bertz CT molecular complexity index is 1160. The minimum atomic E-state index is -0.223. The summed E-state index contributed by atoms with van der Waals surface area (Å²) < 4.78 is 12.1. The second-order valence-electron chi connectivity index (χ2n) is 8.41. The lowest BCUT2D eigenvalue weighted by Gasteiger charge is -2.38. The zero-order chi connectivity index (χ0) is 22.2. The highest BCUT2D eigenvalue weighted by Crippen LogP contribution is 2.31. The molecule has 0 radical (unpaired) electrons. The number of hydrogen-bond donors (Lipinski definition) is 1. The average molecular weight is 435 g/mol. The molecule has 166 valence electrons. The number of carbonyl (C=O) groups excluding carboxylic acids is 1. The number of fused-ring (bicyclic) bond motifs is 1. The lowest BCUT2D eigenvalue weighted by atomic mass is 9.92. The van der Waals surface area contributed by atoms with Crippen LogP contribution in [0.5, 0.6) is 5.88 Å². The average Bonchev–Trinajstić information content (AvgIpc) is 3.41. The Morgan fingerprint density at radius 2 is 2.16 bits per heavy atom. The molecule has 9 nitrogen and oxygen atoms in total. The van der Waals surface area contributed by atoms with Crippen molar-refractivity contribution < 1.29 is 14.3 Å². The zero-order valence-electron chi connectivity index (χ0n) is 18.4. The number of esters is 1. The lowest BCUT2D eigenvalue weighted by Crippen LogP contribution is -2.50. The fourth-order valence-corrected chi connectivity index (χ4v) is 4.62. The maximum atomic E-state index is 11.9. The number of cyclic esters (lactones) is 1. The molecule has 0 aliphatic carbocycles. The minimum Gasteiger partial charge on any atom is -0.481 e. The van der Waals surface area contributed by atoms with E-state index in [1.54, 1.807) is 17.9 Å². The Kier molecular flexibility index (Phi) is 5.36. The molecule has 2 atom stereocenters. The van der Waals surface area contributed by atoms with E-state index in [-0.39, 0.29) is 12.0 Å². The third-order valence-electron chi connectivity index (χ3n) is 6.16. The Labute approximate surface area is 186 Å². The normalized spacial score (nSPS) is 20.8. The molecule has 0 bridgehead atoms. The van der Waals surface area contributed by atoms with E-state index in [2.05, 4.69) is 45.2 Å². The number of aromatic nitrogens is 4. The Balaban J connectivity index is 1.33. The van der Waals surface area contributed by atoms with E-state index in [4.69, 9.17) is 9.47 Å². The predicted molar refractivity (Wildman–Crippen MR) is 117 cm³/mol. The molecule has 1 aromatic carbocycles. The fourth-order valence-electron chi connectivity index (χ4n) is 4.62. The first kappa shape index (κ1) is 20.6. The van der Waals surface area contributed by atoms with Crippen molar-refractivity contribution in [3.05, 3.63) is 64.7 Å². The number of ether oxygens (including phenoxy) is 2. The van der Waals surface area contributed by atoms with E-state index in [0.29, 0.717) is 29.9 Å².